The standard InChI is InChI=1S/C33H47N7O10/c1-5-47-18-26-38-30-31(40(26)21-33(3,4)46)24-8-6-7-9-25(24)37-32(30)39-27(43)17-36-29(45)20-50-15-13-48-12-14-49-19-28(44)34-11-10-23(42)16-35-22(2)41/h6-9,46H,5,10-21H2,1-4H3,(H,34,44)(H,35,41)(H,36,45)(H,37,39,43). The van der Waals surface area contributed by atoms with Gasteiger partial charge < -0.3 is 49.9 Å². The smallest absolute Gasteiger partial charge is 0.246 e. The summed E-state index contributed by atoms with van der Waals surface area (Å²) in [6.45, 7) is 7.37. The second-order valence-electron chi connectivity index (χ2n) is 11.8. The van der Waals surface area contributed by atoms with Crippen molar-refractivity contribution >= 4 is 57.2 Å². The lowest BCUT2D eigenvalue weighted by Crippen LogP contribution is -2.35. The van der Waals surface area contributed by atoms with E-state index >= 15 is 0 Å². The van der Waals surface area contributed by atoms with Gasteiger partial charge in [0.2, 0.25) is 23.6 Å². The SMILES string of the molecule is CCOCc1nc2c(NC(=O)CNC(=O)COCCOCCOCC(=O)NCCC(=O)CNC(C)=O)nc3ccccc3c2n1CC(C)(C)O. The lowest BCUT2D eigenvalue weighted by atomic mass is 10.1. The quantitative estimate of drug-likeness (QED) is 0.0838. The molecule has 50 heavy (non-hydrogen) atoms. The van der Waals surface area contributed by atoms with Crippen LogP contribution in [0.5, 0.6) is 0 Å². The van der Waals surface area contributed by atoms with Crippen molar-refractivity contribution in [3.63, 3.8) is 0 Å². The summed E-state index contributed by atoms with van der Waals surface area (Å²) in [5.74, 6) is -1.10. The fourth-order valence-corrected chi connectivity index (χ4v) is 4.61. The first-order valence-electron chi connectivity index (χ1n) is 16.3. The summed E-state index contributed by atoms with van der Waals surface area (Å²) in [7, 11) is 0. The van der Waals surface area contributed by atoms with Gasteiger partial charge in [0.1, 0.15) is 31.2 Å². The Hall–Kier alpha value is -4.55. The highest BCUT2D eigenvalue weighted by Crippen LogP contribution is 2.31. The van der Waals surface area contributed by atoms with E-state index in [9.17, 15) is 29.1 Å². The van der Waals surface area contributed by atoms with Crippen LogP contribution in [-0.4, -0.2) is 121 Å². The summed E-state index contributed by atoms with van der Waals surface area (Å²) < 4.78 is 23.4. The molecule has 17 heteroatoms. The molecule has 0 saturated carbocycles. The molecule has 0 aliphatic heterocycles. The number of fused-ring (bicyclic) bond motifs is 3. The lowest BCUT2D eigenvalue weighted by Gasteiger charge is -2.20. The zero-order valence-corrected chi connectivity index (χ0v) is 29.0. The minimum atomic E-state index is -1.06. The minimum absolute atomic E-state index is 0.0737. The van der Waals surface area contributed by atoms with Gasteiger partial charge in [-0.25, -0.2) is 9.97 Å². The maximum Gasteiger partial charge on any atom is 0.246 e. The number of carbonyl (C=O) groups excluding carboxylic acids is 5. The summed E-state index contributed by atoms with van der Waals surface area (Å²) >= 11 is 0. The number of nitrogens with zero attached hydrogens (tertiary/aromatic N) is 3. The maximum absolute atomic E-state index is 12.9. The summed E-state index contributed by atoms with van der Waals surface area (Å²) in [6, 6.07) is 7.43. The monoisotopic (exact) mass is 701 g/mol. The highest BCUT2D eigenvalue weighted by molar-refractivity contribution is 6.10. The molecule has 274 valence electrons. The number of amides is 4. The molecule has 0 unspecified atom stereocenters. The molecule has 5 N–H and O–H groups in total. The number of para-hydroxylation sites is 1. The van der Waals surface area contributed by atoms with Crippen molar-refractivity contribution in [2.45, 2.75) is 52.9 Å². The average molecular weight is 702 g/mol. The van der Waals surface area contributed by atoms with Crippen LogP contribution < -0.4 is 21.3 Å². The number of ketones is 1. The molecule has 17 nitrogen and oxygen atoms in total. The van der Waals surface area contributed by atoms with Gasteiger partial charge in [-0.1, -0.05) is 18.2 Å². The molecule has 0 atom stereocenters. The van der Waals surface area contributed by atoms with Gasteiger partial charge in [-0.05, 0) is 26.8 Å². The van der Waals surface area contributed by atoms with Gasteiger partial charge in [0.05, 0.1) is 62.7 Å². The molecule has 1 aromatic carbocycles. The third kappa shape index (κ3) is 13.8. The van der Waals surface area contributed by atoms with Crippen LogP contribution in [-0.2, 0) is 56.1 Å². The van der Waals surface area contributed by atoms with Crippen molar-refractivity contribution in [3.8, 4) is 0 Å². The number of pyridine rings is 1. The normalized spacial score (nSPS) is 11.5. The Labute approximate surface area is 289 Å². The Morgan fingerprint density at radius 3 is 2.16 bits per heavy atom. The zero-order chi connectivity index (χ0) is 36.5. The van der Waals surface area contributed by atoms with Crippen LogP contribution in [0.2, 0.25) is 0 Å². The first kappa shape index (κ1) is 39.9. The fraction of sp³-hybridized carbons (Fsp3) is 0.545. The molecule has 0 aliphatic carbocycles. The summed E-state index contributed by atoms with van der Waals surface area (Å²) in [5.41, 5.74) is 0.691. The highest BCUT2D eigenvalue weighted by Gasteiger charge is 2.24. The molecule has 0 radical (unpaired) electrons. The van der Waals surface area contributed by atoms with E-state index in [1.165, 1.54) is 6.92 Å². The number of hydrogen-bond donors (Lipinski definition) is 5. The number of aliphatic hydroxyl groups is 1. The molecule has 2 aromatic heterocycles. The number of carbonyl (C=O) groups is 5. The number of nitrogens with one attached hydrogen (secondary N) is 4. The van der Waals surface area contributed by atoms with Crippen LogP contribution in [0.1, 0.15) is 39.9 Å². The van der Waals surface area contributed by atoms with Crippen LogP contribution in [0.15, 0.2) is 24.3 Å². The van der Waals surface area contributed by atoms with E-state index in [4.69, 9.17) is 23.9 Å². The number of benzene rings is 1. The molecule has 3 aromatic rings. The molecule has 0 saturated heterocycles. The second kappa shape index (κ2) is 20.2. The third-order valence-electron chi connectivity index (χ3n) is 6.82. The molecular weight excluding hydrogens is 654 g/mol. The Bertz CT molecular complexity index is 1620. The van der Waals surface area contributed by atoms with Crippen molar-refractivity contribution in [1.82, 2.24) is 30.5 Å². The van der Waals surface area contributed by atoms with E-state index in [0.29, 0.717) is 29.0 Å². The van der Waals surface area contributed by atoms with E-state index in [-0.39, 0.29) is 102 Å². The van der Waals surface area contributed by atoms with Crippen LogP contribution in [0.4, 0.5) is 5.82 Å². The summed E-state index contributed by atoms with van der Waals surface area (Å²) in [6.07, 6.45) is 0.0985. The van der Waals surface area contributed by atoms with Gasteiger partial charge in [-0.2, -0.15) is 0 Å². The molecular formula is C33H47N7O10. The average Bonchev–Trinajstić information content (AvgIpc) is 3.41. The van der Waals surface area contributed by atoms with Gasteiger partial charge in [0.15, 0.2) is 11.6 Å². The lowest BCUT2D eigenvalue weighted by molar-refractivity contribution is -0.128. The molecule has 4 amide bonds. The largest absolute Gasteiger partial charge is 0.389 e. The predicted molar refractivity (Wildman–Crippen MR) is 182 cm³/mol. The maximum atomic E-state index is 12.9. The number of aromatic nitrogens is 3. The number of ether oxygens (including phenoxy) is 4. The van der Waals surface area contributed by atoms with Crippen LogP contribution in [0.25, 0.3) is 21.9 Å². The van der Waals surface area contributed by atoms with Gasteiger partial charge in [-0.15, -0.1) is 0 Å². The topological polar surface area (TPSA) is 221 Å². The van der Waals surface area contributed by atoms with Crippen molar-refractivity contribution in [3.05, 3.63) is 30.1 Å². The van der Waals surface area contributed by atoms with Crippen molar-refractivity contribution in [2.24, 2.45) is 0 Å². The highest BCUT2D eigenvalue weighted by atomic mass is 16.5. The van der Waals surface area contributed by atoms with E-state index in [0.717, 1.165) is 5.39 Å². The number of anilines is 1. The van der Waals surface area contributed by atoms with Crippen LogP contribution >= 0.6 is 0 Å². The molecule has 2 heterocycles. The first-order valence-corrected chi connectivity index (χ1v) is 16.3. The van der Waals surface area contributed by atoms with Crippen molar-refractivity contribution < 1.29 is 48.0 Å². The summed E-state index contributed by atoms with van der Waals surface area (Å²) in [5, 5.41) is 21.7. The van der Waals surface area contributed by atoms with Gasteiger partial charge >= 0.3 is 0 Å². The minimum Gasteiger partial charge on any atom is -0.389 e. The van der Waals surface area contributed by atoms with Gasteiger partial charge in [0, 0.05) is 31.9 Å². The molecule has 0 spiro atoms. The Kier molecular flexibility index (Phi) is 16.1. The summed E-state index contributed by atoms with van der Waals surface area (Å²) in [4.78, 5) is 68.6. The zero-order valence-electron chi connectivity index (χ0n) is 29.0. The predicted octanol–water partition coefficient (Wildman–Crippen LogP) is 0.208. The van der Waals surface area contributed by atoms with E-state index < -0.39 is 17.4 Å². The second-order valence-corrected chi connectivity index (χ2v) is 11.8. The Morgan fingerprint density at radius 2 is 1.50 bits per heavy atom. The van der Waals surface area contributed by atoms with Crippen LogP contribution in [0.3, 0.4) is 0 Å². The fourth-order valence-electron chi connectivity index (χ4n) is 4.61. The number of Topliss-reactive ketones (excluding diaryl/α,β-unsaturated/α-hetero) is 1. The molecule has 3 rings (SSSR count). The van der Waals surface area contributed by atoms with Crippen LogP contribution in [0, 0.1) is 0 Å². The number of imidazole rings is 1. The molecule has 0 bridgehead atoms. The van der Waals surface area contributed by atoms with Gasteiger partial charge in [0.25, 0.3) is 0 Å². The molecule has 0 aliphatic rings. The van der Waals surface area contributed by atoms with E-state index in [2.05, 4.69) is 26.3 Å². The van der Waals surface area contributed by atoms with E-state index in [1.54, 1.807) is 13.8 Å². The van der Waals surface area contributed by atoms with Crippen molar-refractivity contribution in [1.29, 1.82) is 0 Å². The Morgan fingerprint density at radius 1 is 0.840 bits per heavy atom. The molecule has 0 fully saturated rings. The Balaban J connectivity index is 1.37. The first-order chi connectivity index (χ1) is 23.9. The van der Waals surface area contributed by atoms with E-state index in [1.807, 2.05) is 35.8 Å². The van der Waals surface area contributed by atoms with Gasteiger partial charge in [-0.3, -0.25) is 24.0 Å². The number of rotatable bonds is 23. The van der Waals surface area contributed by atoms with Crippen molar-refractivity contribution in [2.75, 3.05) is 71.2 Å². The number of hydrogen-bond acceptors (Lipinski definition) is 12. The third-order valence-corrected chi connectivity index (χ3v) is 6.82.